The highest BCUT2D eigenvalue weighted by molar-refractivity contribution is 7.90. The highest BCUT2D eigenvalue weighted by Crippen LogP contribution is 2.36. The third-order valence-corrected chi connectivity index (χ3v) is 7.45. The molecule has 11 heteroatoms. The molecule has 0 spiro atoms. The minimum atomic E-state index is -3.31. The summed E-state index contributed by atoms with van der Waals surface area (Å²) in [7, 11) is -3.31. The molecule has 3 heterocycles. The van der Waals surface area contributed by atoms with Crippen molar-refractivity contribution in [2.24, 2.45) is 0 Å². The van der Waals surface area contributed by atoms with E-state index in [4.69, 9.17) is 0 Å². The molecule has 0 unspecified atom stereocenters. The SMILES string of the molecule is CS(=O)(=O)c1ccc(N(c2ncnc3[nH]ncc23)C2CCC(NC(=O)c3cccnc3)CC2)cc1. The van der Waals surface area contributed by atoms with E-state index in [1.165, 1.54) is 12.6 Å². The van der Waals surface area contributed by atoms with Gasteiger partial charge in [0.1, 0.15) is 12.1 Å². The Morgan fingerprint density at radius 2 is 1.83 bits per heavy atom. The first-order chi connectivity index (χ1) is 16.9. The van der Waals surface area contributed by atoms with Crippen molar-refractivity contribution in [1.29, 1.82) is 0 Å². The zero-order valence-corrected chi connectivity index (χ0v) is 19.9. The molecule has 0 saturated heterocycles. The van der Waals surface area contributed by atoms with Gasteiger partial charge in [-0.05, 0) is 62.1 Å². The van der Waals surface area contributed by atoms with Crippen LogP contribution in [0.3, 0.4) is 0 Å². The fourth-order valence-corrected chi connectivity index (χ4v) is 5.18. The molecular weight excluding hydrogens is 466 g/mol. The van der Waals surface area contributed by atoms with E-state index in [0.717, 1.165) is 36.8 Å². The standard InChI is InChI=1S/C24H25N7O3S/c1-35(33,34)20-10-8-19(9-11-20)31(23-21-14-28-30-22(21)26-15-27-23)18-6-4-17(5-7-18)29-24(32)16-3-2-12-25-13-16/h2-3,8-15,17-18H,4-7H2,1H3,(H,29,32)(H,26,27,28,30). The average Bonchev–Trinajstić information content (AvgIpc) is 3.35. The van der Waals surface area contributed by atoms with Crippen molar-refractivity contribution in [1.82, 2.24) is 30.5 Å². The summed E-state index contributed by atoms with van der Waals surface area (Å²) in [6.45, 7) is 0. The number of H-pyrrole nitrogens is 1. The lowest BCUT2D eigenvalue weighted by molar-refractivity contribution is 0.0925. The molecule has 4 aromatic rings. The van der Waals surface area contributed by atoms with Crippen LogP contribution >= 0.6 is 0 Å². The maximum Gasteiger partial charge on any atom is 0.253 e. The van der Waals surface area contributed by atoms with E-state index in [9.17, 15) is 13.2 Å². The molecule has 1 amide bonds. The van der Waals surface area contributed by atoms with E-state index in [-0.39, 0.29) is 22.9 Å². The Bertz CT molecular complexity index is 1430. The zero-order valence-electron chi connectivity index (χ0n) is 19.1. The van der Waals surface area contributed by atoms with Crippen molar-refractivity contribution in [2.75, 3.05) is 11.2 Å². The summed E-state index contributed by atoms with van der Waals surface area (Å²) in [5, 5.41) is 10.9. The van der Waals surface area contributed by atoms with E-state index in [1.54, 1.807) is 55.0 Å². The van der Waals surface area contributed by atoms with Crippen LogP contribution in [0.15, 0.2) is 66.2 Å². The van der Waals surface area contributed by atoms with Gasteiger partial charge in [0, 0.05) is 36.4 Å². The molecule has 1 fully saturated rings. The molecule has 0 bridgehead atoms. The quantitative estimate of drug-likeness (QED) is 0.420. The van der Waals surface area contributed by atoms with Crippen LogP contribution in [0.2, 0.25) is 0 Å². The summed E-state index contributed by atoms with van der Waals surface area (Å²) in [4.78, 5) is 27.8. The van der Waals surface area contributed by atoms with Crippen LogP contribution in [0.1, 0.15) is 36.0 Å². The van der Waals surface area contributed by atoms with E-state index in [2.05, 4.69) is 35.4 Å². The number of benzene rings is 1. The predicted molar refractivity (Wildman–Crippen MR) is 131 cm³/mol. The lowest BCUT2D eigenvalue weighted by Crippen LogP contribution is -2.43. The van der Waals surface area contributed by atoms with Gasteiger partial charge in [-0.1, -0.05) is 0 Å². The second kappa shape index (κ2) is 9.41. The van der Waals surface area contributed by atoms with Crippen LogP contribution in [0, 0.1) is 0 Å². The van der Waals surface area contributed by atoms with Crippen LogP contribution in [-0.4, -0.2) is 57.8 Å². The lowest BCUT2D eigenvalue weighted by atomic mass is 9.89. The molecule has 0 aliphatic heterocycles. The minimum absolute atomic E-state index is 0.0627. The largest absolute Gasteiger partial charge is 0.349 e. The summed E-state index contributed by atoms with van der Waals surface area (Å²) in [6.07, 6.45) is 10.8. The molecule has 2 N–H and O–H groups in total. The van der Waals surface area contributed by atoms with Gasteiger partial charge in [0.2, 0.25) is 0 Å². The van der Waals surface area contributed by atoms with Crippen LogP contribution in [0.25, 0.3) is 11.0 Å². The Balaban J connectivity index is 1.40. The van der Waals surface area contributed by atoms with E-state index in [1.807, 2.05) is 0 Å². The number of aromatic amines is 1. The van der Waals surface area contributed by atoms with Gasteiger partial charge < -0.3 is 10.2 Å². The fourth-order valence-electron chi connectivity index (χ4n) is 4.55. The number of nitrogens with one attached hydrogen (secondary N) is 2. The zero-order chi connectivity index (χ0) is 24.4. The van der Waals surface area contributed by atoms with Crippen LogP contribution in [-0.2, 0) is 9.84 Å². The van der Waals surface area contributed by atoms with Crippen molar-refractivity contribution in [3.63, 3.8) is 0 Å². The average molecular weight is 492 g/mol. The van der Waals surface area contributed by atoms with Gasteiger partial charge in [-0.2, -0.15) is 5.10 Å². The van der Waals surface area contributed by atoms with Gasteiger partial charge in [-0.25, -0.2) is 18.4 Å². The topological polar surface area (TPSA) is 134 Å². The third kappa shape index (κ3) is 4.85. The van der Waals surface area contributed by atoms with E-state index in [0.29, 0.717) is 17.0 Å². The molecule has 1 aliphatic carbocycles. The molecule has 180 valence electrons. The summed E-state index contributed by atoms with van der Waals surface area (Å²) >= 11 is 0. The molecule has 10 nitrogen and oxygen atoms in total. The first-order valence-electron chi connectivity index (χ1n) is 11.3. The Morgan fingerprint density at radius 1 is 1.06 bits per heavy atom. The van der Waals surface area contributed by atoms with Gasteiger partial charge >= 0.3 is 0 Å². The maximum atomic E-state index is 12.6. The highest BCUT2D eigenvalue weighted by Gasteiger charge is 2.30. The number of carbonyl (C=O) groups excluding carboxylic acids is 1. The number of fused-ring (bicyclic) bond motifs is 1. The number of aromatic nitrogens is 5. The number of carbonyl (C=O) groups is 1. The molecular formula is C24H25N7O3S. The van der Waals surface area contributed by atoms with Gasteiger partial charge in [0.25, 0.3) is 5.91 Å². The molecule has 5 rings (SSSR count). The van der Waals surface area contributed by atoms with Crippen molar-refractivity contribution < 1.29 is 13.2 Å². The number of sulfone groups is 1. The van der Waals surface area contributed by atoms with Crippen LogP contribution in [0.4, 0.5) is 11.5 Å². The molecule has 0 atom stereocenters. The second-order valence-electron chi connectivity index (χ2n) is 8.69. The van der Waals surface area contributed by atoms with Crippen molar-refractivity contribution in [2.45, 2.75) is 42.7 Å². The van der Waals surface area contributed by atoms with E-state index < -0.39 is 9.84 Å². The molecule has 1 aromatic carbocycles. The molecule has 1 aliphatic rings. The Morgan fingerprint density at radius 3 is 2.51 bits per heavy atom. The normalized spacial score (nSPS) is 18.3. The van der Waals surface area contributed by atoms with Gasteiger partial charge in [0.15, 0.2) is 15.5 Å². The van der Waals surface area contributed by atoms with Crippen LogP contribution in [0.5, 0.6) is 0 Å². The summed E-state index contributed by atoms with van der Waals surface area (Å²) in [5.74, 6) is 0.587. The first kappa shape index (κ1) is 22.9. The van der Waals surface area contributed by atoms with E-state index >= 15 is 0 Å². The highest BCUT2D eigenvalue weighted by atomic mass is 32.2. The van der Waals surface area contributed by atoms with Gasteiger partial charge in [0.05, 0.1) is 22.0 Å². The number of anilines is 2. The van der Waals surface area contributed by atoms with Gasteiger partial charge in [-0.3, -0.25) is 14.9 Å². The number of amides is 1. The molecule has 3 aromatic heterocycles. The number of rotatable bonds is 6. The maximum absolute atomic E-state index is 12.6. The molecule has 0 radical (unpaired) electrons. The van der Waals surface area contributed by atoms with Crippen molar-refractivity contribution in [3.05, 3.63) is 66.9 Å². The predicted octanol–water partition coefficient (Wildman–Crippen LogP) is 3.03. The van der Waals surface area contributed by atoms with Gasteiger partial charge in [-0.15, -0.1) is 0 Å². The number of hydrogen-bond acceptors (Lipinski definition) is 8. The summed E-state index contributed by atoms with van der Waals surface area (Å²) in [6, 6.07) is 10.5. The summed E-state index contributed by atoms with van der Waals surface area (Å²) < 4.78 is 23.9. The van der Waals surface area contributed by atoms with Crippen LogP contribution < -0.4 is 10.2 Å². The second-order valence-corrected chi connectivity index (χ2v) is 10.7. The Kier molecular flexibility index (Phi) is 6.16. The minimum Gasteiger partial charge on any atom is -0.349 e. The first-order valence-corrected chi connectivity index (χ1v) is 13.2. The number of nitrogens with zero attached hydrogens (tertiary/aromatic N) is 5. The van der Waals surface area contributed by atoms with Crippen molar-refractivity contribution >= 4 is 38.3 Å². The molecule has 1 saturated carbocycles. The lowest BCUT2D eigenvalue weighted by Gasteiger charge is -2.38. The third-order valence-electron chi connectivity index (χ3n) is 6.32. The van der Waals surface area contributed by atoms with Crippen molar-refractivity contribution in [3.8, 4) is 0 Å². The monoisotopic (exact) mass is 491 g/mol. The number of hydrogen-bond donors (Lipinski definition) is 2. The smallest absolute Gasteiger partial charge is 0.253 e. The summed E-state index contributed by atoms with van der Waals surface area (Å²) in [5.41, 5.74) is 2.01. The fraction of sp³-hybridized carbons (Fsp3) is 0.292. The number of pyridine rings is 1. The molecule has 35 heavy (non-hydrogen) atoms. The Labute approximate surface area is 202 Å². The Hall–Kier alpha value is -3.86.